The maximum absolute atomic E-state index is 5.81. The van der Waals surface area contributed by atoms with E-state index in [2.05, 4.69) is 56.0 Å². The van der Waals surface area contributed by atoms with Crippen molar-refractivity contribution in [2.24, 2.45) is 0 Å². The van der Waals surface area contributed by atoms with Crippen LogP contribution in [0, 0.1) is 0 Å². The van der Waals surface area contributed by atoms with E-state index in [1.165, 1.54) is 36.8 Å². The number of hydrogen-bond acceptors (Lipinski definition) is 3. The van der Waals surface area contributed by atoms with Crippen LogP contribution in [0.15, 0.2) is 18.2 Å². The van der Waals surface area contributed by atoms with Gasteiger partial charge in [-0.25, -0.2) is 0 Å². The minimum absolute atomic E-state index is 0.404. The minimum atomic E-state index is 0.404. The summed E-state index contributed by atoms with van der Waals surface area (Å²) in [4.78, 5) is 0. The Hall–Kier alpha value is -0.670. The topological polar surface area (TPSA) is 21.3 Å². The average molecular weight is 308 g/mol. The first kappa shape index (κ1) is 16.7. The largest absolute Gasteiger partial charge is 0.494 e. The van der Waals surface area contributed by atoms with Gasteiger partial charge in [0.25, 0.3) is 0 Å². The van der Waals surface area contributed by atoms with E-state index in [0.29, 0.717) is 6.04 Å². The van der Waals surface area contributed by atoms with Crippen molar-refractivity contribution in [3.05, 3.63) is 29.3 Å². The van der Waals surface area contributed by atoms with Gasteiger partial charge < -0.3 is 10.1 Å². The zero-order valence-electron chi connectivity index (χ0n) is 13.7. The Morgan fingerprint density at radius 3 is 2.71 bits per heavy atom. The van der Waals surface area contributed by atoms with Crippen molar-refractivity contribution in [2.45, 2.75) is 63.5 Å². The molecule has 2 nitrogen and oxygen atoms in total. The quantitative estimate of drug-likeness (QED) is 0.735. The lowest BCUT2D eigenvalue weighted by Gasteiger charge is -2.17. The van der Waals surface area contributed by atoms with Gasteiger partial charge in [0, 0.05) is 22.6 Å². The highest BCUT2D eigenvalue weighted by Gasteiger charge is 2.17. The second kappa shape index (κ2) is 8.70. The van der Waals surface area contributed by atoms with Crippen LogP contribution in [0.4, 0.5) is 0 Å². The molecule has 21 heavy (non-hydrogen) atoms. The third-order valence-electron chi connectivity index (χ3n) is 4.17. The van der Waals surface area contributed by atoms with Crippen molar-refractivity contribution in [3.8, 4) is 5.75 Å². The third-order valence-corrected chi connectivity index (χ3v) is 5.59. The molecule has 1 aromatic carbocycles. The highest BCUT2D eigenvalue weighted by Crippen LogP contribution is 2.34. The van der Waals surface area contributed by atoms with E-state index >= 15 is 0 Å². The molecule has 1 aliphatic rings. The second-order valence-electron chi connectivity index (χ2n) is 5.80. The molecule has 0 aromatic heterocycles. The Kier molecular flexibility index (Phi) is 6.91. The van der Waals surface area contributed by atoms with E-state index in [9.17, 15) is 0 Å². The maximum Gasteiger partial charge on any atom is 0.123 e. The van der Waals surface area contributed by atoms with Gasteiger partial charge in [-0.3, -0.25) is 0 Å². The number of benzene rings is 1. The summed E-state index contributed by atoms with van der Waals surface area (Å²) >= 11 is 2.11. The van der Waals surface area contributed by atoms with Crippen LogP contribution in [0.25, 0.3) is 0 Å². The standard InChI is InChI=1S/C18H29NOS/c1-4-19-14(3)15-10-11-18(20-5-2)16(12-15)13-21-17-8-6-7-9-17/h10-12,14,17,19H,4-9,13H2,1-3H3. The molecule has 3 heteroatoms. The average Bonchev–Trinajstić information content (AvgIpc) is 3.00. The summed E-state index contributed by atoms with van der Waals surface area (Å²) < 4.78 is 5.81. The fraction of sp³-hybridized carbons (Fsp3) is 0.667. The van der Waals surface area contributed by atoms with Gasteiger partial charge in [-0.05, 0) is 50.9 Å². The van der Waals surface area contributed by atoms with Crippen LogP contribution in [0.5, 0.6) is 5.75 Å². The number of rotatable bonds is 8. The van der Waals surface area contributed by atoms with Crippen molar-refractivity contribution in [2.75, 3.05) is 13.2 Å². The molecule has 1 unspecified atom stereocenters. The molecule has 0 amide bonds. The Bertz CT molecular complexity index is 429. The van der Waals surface area contributed by atoms with Crippen molar-refractivity contribution < 1.29 is 4.74 Å². The summed E-state index contributed by atoms with van der Waals surface area (Å²) in [6, 6.07) is 7.08. The van der Waals surface area contributed by atoms with Gasteiger partial charge >= 0.3 is 0 Å². The van der Waals surface area contributed by atoms with E-state index in [0.717, 1.165) is 29.9 Å². The Morgan fingerprint density at radius 1 is 1.29 bits per heavy atom. The van der Waals surface area contributed by atoms with Gasteiger partial charge in [-0.15, -0.1) is 0 Å². The molecule has 1 atom stereocenters. The number of ether oxygens (including phenoxy) is 1. The fourth-order valence-corrected chi connectivity index (χ4v) is 4.27. The van der Waals surface area contributed by atoms with E-state index < -0.39 is 0 Å². The number of nitrogens with one attached hydrogen (secondary N) is 1. The second-order valence-corrected chi connectivity index (χ2v) is 7.09. The molecule has 0 heterocycles. The van der Waals surface area contributed by atoms with Crippen LogP contribution >= 0.6 is 11.8 Å². The van der Waals surface area contributed by atoms with E-state index in [1.54, 1.807) is 0 Å². The molecule has 0 spiro atoms. The molecule has 1 fully saturated rings. The monoisotopic (exact) mass is 307 g/mol. The van der Waals surface area contributed by atoms with Crippen LogP contribution in [0.2, 0.25) is 0 Å². The number of thioether (sulfide) groups is 1. The smallest absolute Gasteiger partial charge is 0.123 e. The summed E-state index contributed by atoms with van der Waals surface area (Å²) in [5, 5.41) is 4.35. The van der Waals surface area contributed by atoms with Gasteiger partial charge in [0.15, 0.2) is 0 Å². The van der Waals surface area contributed by atoms with Crippen molar-refractivity contribution in [1.29, 1.82) is 0 Å². The van der Waals surface area contributed by atoms with Gasteiger partial charge in [0.1, 0.15) is 5.75 Å². The third kappa shape index (κ3) is 4.93. The molecule has 0 saturated heterocycles. The predicted octanol–water partition coefficient (Wildman–Crippen LogP) is 4.93. The first-order chi connectivity index (χ1) is 10.2. The zero-order chi connectivity index (χ0) is 15.1. The maximum atomic E-state index is 5.81. The molecule has 1 aromatic rings. The van der Waals surface area contributed by atoms with Gasteiger partial charge in [0.05, 0.1) is 6.61 Å². The summed E-state index contributed by atoms with van der Waals surface area (Å²) in [5.41, 5.74) is 2.72. The molecule has 0 radical (unpaired) electrons. The lowest BCUT2D eigenvalue weighted by molar-refractivity contribution is 0.337. The van der Waals surface area contributed by atoms with Crippen molar-refractivity contribution in [3.63, 3.8) is 0 Å². The summed E-state index contributed by atoms with van der Waals surface area (Å²) in [7, 11) is 0. The summed E-state index contributed by atoms with van der Waals surface area (Å²) in [6.07, 6.45) is 5.60. The predicted molar refractivity (Wildman–Crippen MR) is 93.3 cm³/mol. The highest BCUT2D eigenvalue weighted by atomic mass is 32.2. The summed E-state index contributed by atoms with van der Waals surface area (Å²) in [5.74, 6) is 2.14. The molecule has 0 bridgehead atoms. The summed E-state index contributed by atoms with van der Waals surface area (Å²) in [6.45, 7) is 8.18. The van der Waals surface area contributed by atoms with Gasteiger partial charge in [0.2, 0.25) is 0 Å². The van der Waals surface area contributed by atoms with E-state index in [-0.39, 0.29) is 0 Å². The first-order valence-corrected chi connectivity index (χ1v) is 9.40. The lowest BCUT2D eigenvalue weighted by atomic mass is 10.0. The van der Waals surface area contributed by atoms with Crippen LogP contribution in [0.1, 0.15) is 63.6 Å². The molecular formula is C18H29NOS. The molecular weight excluding hydrogens is 278 g/mol. The molecule has 1 saturated carbocycles. The van der Waals surface area contributed by atoms with E-state index in [4.69, 9.17) is 4.74 Å². The zero-order valence-corrected chi connectivity index (χ0v) is 14.5. The molecule has 0 aliphatic heterocycles. The van der Waals surface area contributed by atoms with Crippen LogP contribution in [-0.4, -0.2) is 18.4 Å². The molecule has 118 valence electrons. The first-order valence-electron chi connectivity index (χ1n) is 8.35. The van der Waals surface area contributed by atoms with Gasteiger partial charge in [-0.1, -0.05) is 25.8 Å². The Labute approximate surface area is 134 Å². The Balaban J connectivity index is 2.07. The van der Waals surface area contributed by atoms with Crippen molar-refractivity contribution in [1.82, 2.24) is 5.32 Å². The Morgan fingerprint density at radius 2 is 2.05 bits per heavy atom. The number of hydrogen-bond donors (Lipinski definition) is 1. The molecule has 2 rings (SSSR count). The van der Waals surface area contributed by atoms with Crippen LogP contribution in [-0.2, 0) is 5.75 Å². The van der Waals surface area contributed by atoms with Crippen LogP contribution in [0.3, 0.4) is 0 Å². The normalized spacial score (nSPS) is 17.1. The fourth-order valence-electron chi connectivity index (χ4n) is 2.96. The molecule has 1 N–H and O–H groups in total. The minimum Gasteiger partial charge on any atom is -0.494 e. The molecule has 1 aliphatic carbocycles. The van der Waals surface area contributed by atoms with Gasteiger partial charge in [-0.2, -0.15) is 11.8 Å². The van der Waals surface area contributed by atoms with Crippen LogP contribution < -0.4 is 10.1 Å². The van der Waals surface area contributed by atoms with E-state index in [1.807, 2.05) is 0 Å². The van der Waals surface area contributed by atoms with Crippen molar-refractivity contribution >= 4 is 11.8 Å². The SMILES string of the molecule is CCNC(C)c1ccc(OCC)c(CSC2CCCC2)c1. The lowest BCUT2D eigenvalue weighted by Crippen LogP contribution is -2.17. The highest BCUT2D eigenvalue weighted by molar-refractivity contribution is 7.99.